The Kier molecular flexibility index (Phi) is 11.0. The number of alkyl halides is 1. The Bertz CT molecular complexity index is 1430. The summed E-state index contributed by atoms with van der Waals surface area (Å²) in [7, 11) is -8.81. The molecule has 1 aliphatic heterocycles. The second-order valence-corrected chi connectivity index (χ2v) is 16.7. The molecule has 1 aliphatic rings. The van der Waals surface area contributed by atoms with Gasteiger partial charge in [0.25, 0.3) is 0 Å². The summed E-state index contributed by atoms with van der Waals surface area (Å²) in [5.74, 6) is 0.553. The first-order chi connectivity index (χ1) is 19.4. The van der Waals surface area contributed by atoms with Crippen molar-refractivity contribution in [3.63, 3.8) is 0 Å². The Morgan fingerprint density at radius 2 is 1.64 bits per heavy atom. The smallest absolute Gasteiger partial charge is 0.410 e. The van der Waals surface area contributed by atoms with Crippen molar-refractivity contribution < 1.29 is 30.8 Å². The molecule has 0 spiro atoms. The van der Waals surface area contributed by atoms with E-state index >= 15 is 0 Å². The quantitative estimate of drug-likeness (QED) is 0.342. The second kappa shape index (κ2) is 13.5. The minimum absolute atomic E-state index is 0.0986. The number of nitrogens with one attached hydrogen (secondary N) is 1. The average Bonchev–Trinajstić information content (AvgIpc) is 2.89. The largest absolute Gasteiger partial charge is 0.444 e. The van der Waals surface area contributed by atoms with Crippen molar-refractivity contribution in [2.24, 2.45) is 5.14 Å². The number of anilines is 1. The Balaban J connectivity index is 1.80. The molecule has 2 aromatic rings. The number of amides is 1. The first kappa shape index (κ1) is 34.1. The Morgan fingerprint density at radius 1 is 1.02 bits per heavy atom. The molecule has 1 unspecified atom stereocenters. The van der Waals surface area contributed by atoms with Crippen LogP contribution in [0.25, 0.3) is 0 Å². The summed E-state index contributed by atoms with van der Waals surface area (Å²) >= 11 is 1.58. The van der Waals surface area contributed by atoms with Crippen LogP contribution in [0.4, 0.5) is 14.9 Å². The number of rotatable bonds is 11. The molecule has 2 aromatic carbocycles. The van der Waals surface area contributed by atoms with Crippen molar-refractivity contribution in [3.05, 3.63) is 48.5 Å². The van der Waals surface area contributed by atoms with Crippen molar-refractivity contribution in [1.82, 2.24) is 9.80 Å². The van der Waals surface area contributed by atoms with E-state index in [1.807, 2.05) is 51.1 Å². The number of halogens is 1. The summed E-state index contributed by atoms with van der Waals surface area (Å²) in [6.45, 7) is 10.3. The van der Waals surface area contributed by atoms with Crippen LogP contribution in [-0.4, -0.2) is 87.8 Å². The van der Waals surface area contributed by atoms with Gasteiger partial charge >= 0.3 is 6.09 Å². The van der Waals surface area contributed by atoms with Crippen LogP contribution >= 0.6 is 11.8 Å². The third-order valence-corrected chi connectivity index (χ3v) is 10.9. The number of thioether (sulfide) groups is 1. The number of piperazine rings is 1. The van der Waals surface area contributed by atoms with Crippen LogP contribution in [0.5, 0.6) is 0 Å². The van der Waals surface area contributed by atoms with E-state index in [1.54, 1.807) is 16.7 Å². The van der Waals surface area contributed by atoms with Gasteiger partial charge in [0.15, 0.2) is 0 Å². The van der Waals surface area contributed by atoms with Gasteiger partial charge in [-0.25, -0.2) is 31.2 Å². The molecule has 0 saturated carbocycles. The molecule has 1 amide bonds. The maximum absolute atomic E-state index is 14.9. The maximum atomic E-state index is 14.9. The van der Waals surface area contributed by atoms with Crippen LogP contribution in [0.3, 0.4) is 0 Å². The van der Waals surface area contributed by atoms with Crippen LogP contribution in [0.1, 0.15) is 41.0 Å². The lowest BCUT2D eigenvalue weighted by atomic mass is 10.2. The zero-order valence-corrected chi connectivity index (χ0v) is 27.1. The van der Waals surface area contributed by atoms with Gasteiger partial charge in [-0.2, -0.15) is 0 Å². The van der Waals surface area contributed by atoms with Crippen molar-refractivity contribution in [1.29, 1.82) is 0 Å². The Labute approximate surface area is 253 Å². The lowest BCUT2D eigenvalue weighted by Crippen LogP contribution is -2.50. The number of benzene rings is 2. The molecular formula is C28H41FN4O6S3. The monoisotopic (exact) mass is 644 g/mol. The van der Waals surface area contributed by atoms with Gasteiger partial charge in [-0.05, 0) is 71.4 Å². The van der Waals surface area contributed by atoms with E-state index in [1.165, 1.54) is 12.1 Å². The summed E-state index contributed by atoms with van der Waals surface area (Å²) in [5.41, 5.74) is -0.471. The van der Waals surface area contributed by atoms with Gasteiger partial charge in [-0.3, -0.25) is 4.90 Å². The number of sulfone groups is 1. The highest BCUT2D eigenvalue weighted by Gasteiger charge is 2.38. The standard InChI is InChI=1S/C28H41FN4O6S3/c1-27(2,3)39-26(34)33-17-15-32(16-18-33)14-13-21(20-40-22-9-7-6-8-10-22)31-24-12-11-23(42(30,37)38)19-25(24)41(35,36)28(4,5)29/h6-12,19,21,31H,13-18,20H2,1-5H3,(H2,30,37,38). The number of ether oxygens (including phenoxy) is 1. The van der Waals surface area contributed by atoms with E-state index in [2.05, 4.69) is 10.2 Å². The molecular weight excluding hydrogens is 604 g/mol. The number of nitrogens with zero attached hydrogens (tertiary/aromatic N) is 2. The molecule has 1 fully saturated rings. The SMILES string of the molecule is CC(C)(C)OC(=O)N1CCN(CCC(CSc2ccccc2)Nc2ccc(S(N)(=O)=O)cc2S(=O)(=O)C(C)(C)F)CC1. The summed E-state index contributed by atoms with van der Waals surface area (Å²) in [6.07, 6.45) is 0.259. The van der Waals surface area contributed by atoms with Gasteiger partial charge in [0.1, 0.15) is 5.60 Å². The summed E-state index contributed by atoms with van der Waals surface area (Å²) in [5, 5.41) is 5.84. The van der Waals surface area contributed by atoms with Crippen LogP contribution in [0.2, 0.25) is 0 Å². The molecule has 1 saturated heterocycles. The summed E-state index contributed by atoms with van der Waals surface area (Å²) in [6, 6.07) is 12.9. The van der Waals surface area contributed by atoms with Gasteiger partial charge in [0, 0.05) is 49.4 Å². The molecule has 234 valence electrons. The Morgan fingerprint density at radius 3 is 2.19 bits per heavy atom. The molecule has 14 heteroatoms. The van der Waals surface area contributed by atoms with Gasteiger partial charge < -0.3 is 15.0 Å². The van der Waals surface area contributed by atoms with E-state index in [4.69, 9.17) is 9.88 Å². The van der Waals surface area contributed by atoms with E-state index in [9.17, 15) is 26.0 Å². The minimum Gasteiger partial charge on any atom is -0.444 e. The number of carbonyl (C=O) groups is 1. The fourth-order valence-electron chi connectivity index (χ4n) is 4.23. The van der Waals surface area contributed by atoms with Crippen LogP contribution < -0.4 is 10.5 Å². The van der Waals surface area contributed by atoms with E-state index < -0.39 is 40.3 Å². The molecule has 0 bridgehead atoms. The third-order valence-electron chi connectivity index (χ3n) is 6.58. The number of sulfonamides is 1. The topological polar surface area (TPSA) is 139 Å². The first-order valence-electron chi connectivity index (χ1n) is 13.6. The summed E-state index contributed by atoms with van der Waals surface area (Å²) in [4.78, 5) is 16.5. The Hall–Kier alpha value is -2.39. The van der Waals surface area contributed by atoms with Crippen molar-refractivity contribution >= 4 is 43.4 Å². The van der Waals surface area contributed by atoms with Crippen molar-refractivity contribution in [2.75, 3.05) is 43.8 Å². The molecule has 1 heterocycles. The molecule has 0 aliphatic carbocycles. The number of primary sulfonamides is 1. The predicted octanol–water partition coefficient (Wildman–Crippen LogP) is 4.33. The second-order valence-electron chi connectivity index (χ2n) is 11.6. The normalized spacial score (nSPS) is 16.2. The molecule has 10 nitrogen and oxygen atoms in total. The highest BCUT2D eigenvalue weighted by Crippen LogP contribution is 2.34. The third kappa shape index (κ3) is 9.56. The lowest BCUT2D eigenvalue weighted by Gasteiger charge is -2.36. The fourth-order valence-corrected chi connectivity index (χ4v) is 7.06. The molecule has 0 radical (unpaired) electrons. The van der Waals surface area contributed by atoms with Gasteiger partial charge in [-0.15, -0.1) is 11.8 Å². The molecule has 0 aromatic heterocycles. The highest BCUT2D eigenvalue weighted by molar-refractivity contribution is 7.99. The van der Waals surface area contributed by atoms with Gasteiger partial charge in [0.2, 0.25) is 24.9 Å². The van der Waals surface area contributed by atoms with Crippen molar-refractivity contribution in [3.8, 4) is 0 Å². The minimum atomic E-state index is -4.58. The zero-order valence-electron chi connectivity index (χ0n) is 24.7. The van der Waals surface area contributed by atoms with Gasteiger partial charge in [-0.1, -0.05) is 18.2 Å². The van der Waals surface area contributed by atoms with Gasteiger partial charge in [0.05, 0.1) is 15.5 Å². The van der Waals surface area contributed by atoms with E-state index in [0.717, 1.165) is 24.8 Å². The average molecular weight is 645 g/mol. The maximum Gasteiger partial charge on any atom is 0.410 e. The number of hydrogen-bond acceptors (Lipinski definition) is 9. The number of nitrogens with two attached hydrogens (primary N) is 1. The van der Waals surface area contributed by atoms with Crippen molar-refractivity contribution in [2.45, 2.75) is 72.4 Å². The van der Waals surface area contributed by atoms with E-state index in [0.29, 0.717) is 44.9 Å². The summed E-state index contributed by atoms with van der Waals surface area (Å²) < 4.78 is 70.7. The number of carbonyl (C=O) groups excluding carboxylic acids is 1. The lowest BCUT2D eigenvalue weighted by molar-refractivity contribution is 0.0144. The molecule has 3 rings (SSSR count). The fraction of sp³-hybridized carbons (Fsp3) is 0.536. The van der Waals surface area contributed by atoms with Crippen LogP contribution in [0.15, 0.2) is 63.2 Å². The zero-order chi connectivity index (χ0) is 31.3. The number of hydrogen-bond donors (Lipinski definition) is 2. The first-order valence-corrected chi connectivity index (χ1v) is 17.6. The molecule has 3 N–H and O–H groups in total. The molecule has 1 atom stereocenters. The molecule has 42 heavy (non-hydrogen) atoms. The van der Waals surface area contributed by atoms with E-state index in [-0.39, 0.29) is 17.8 Å². The highest BCUT2D eigenvalue weighted by atomic mass is 32.2. The van der Waals surface area contributed by atoms with Crippen LogP contribution in [-0.2, 0) is 24.6 Å². The predicted molar refractivity (Wildman–Crippen MR) is 164 cm³/mol. The van der Waals surface area contributed by atoms with Crippen LogP contribution in [0, 0.1) is 0 Å².